The number of benzene rings is 1. The number of hydrogen-bond acceptors (Lipinski definition) is 2. The summed E-state index contributed by atoms with van der Waals surface area (Å²) in [4.78, 5) is 14.4. The monoisotopic (exact) mass is 292 g/mol. The van der Waals surface area contributed by atoms with Gasteiger partial charge in [-0.15, -0.1) is 0 Å². The number of hydrogen-bond donors (Lipinski definition) is 1. The van der Waals surface area contributed by atoms with Crippen molar-refractivity contribution in [3.63, 3.8) is 0 Å². The van der Waals surface area contributed by atoms with Crippen LogP contribution >= 0.6 is 0 Å². The van der Waals surface area contributed by atoms with E-state index in [1.54, 1.807) is 12.1 Å². The molecule has 1 fully saturated rings. The zero-order valence-electron chi connectivity index (χ0n) is 13.1. The van der Waals surface area contributed by atoms with Crippen molar-refractivity contribution in [2.24, 2.45) is 11.1 Å². The maximum Gasteiger partial charge on any atom is 0.223 e. The maximum atomic E-state index is 12.9. The van der Waals surface area contributed by atoms with Crippen LogP contribution in [0.1, 0.15) is 45.1 Å². The van der Waals surface area contributed by atoms with Crippen LogP contribution in [-0.4, -0.2) is 29.9 Å². The first-order valence-corrected chi connectivity index (χ1v) is 7.58. The molecule has 21 heavy (non-hydrogen) atoms. The summed E-state index contributed by atoms with van der Waals surface area (Å²) in [6, 6.07) is 6.54. The van der Waals surface area contributed by atoms with Crippen molar-refractivity contribution in [2.45, 2.75) is 45.6 Å². The summed E-state index contributed by atoms with van der Waals surface area (Å²) in [7, 11) is 0. The van der Waals surface area contributed by atoms with Gasteiger partial charge in [0.25, 0.3) is 0 Å². The third-order valence-electron chi connectivity index (χ3n) is 4.58. The van der Waals surface area contributed by atoms with Gasteiger partial charge in [0.05, 0.1) is 0 Å². The average Bonchev–Trinajstić information content (AvgIpc) is 2.42. The van der Waals surface area contributed by atoms with E-state index in [1.807, 2.05) is 11.8 Å². The van der Waals surface area contributed by atoms with Crippen molar-refractivity contribution in [3.05, 3.63) is 35.6 Å². The average molecular weight is 292 g/mol. The van der Waals surface area contributed by atoms with Gasteiger partial charge in [-0.2, -0.15) is 0 Å². The predicted molar refractivity (Wildman–Crippen MR) is 82.4 cm³/mol. The van der Waals surface area contributed by atoms with Gasteiger partial charge in [0, 0.05) is 25.6 Å². The van der Waals surface area contributed by atoms with Crippen molar-refractivity contribution in [3.8, 4) is 0 Å². The van der Waals surface area contributed by atoms with E-state index in [0.717, 1.165) is 18.5 Å². The Hall–Kier alpha value is -1.42. The highest BCUT2D eigenvalue weighted by Crippen LogP contribution is 2.29. The first kappa shape index (κ1) is 16.0. The number of carbonyl (C=O) groups excluding carboxylic acids is 1. The molecule has 1 aliphatic heterocycles. The molecule has 1 saturated heterocycles. The number of nitrogens with zero attached hydrogens (tertiary/aromatic N) is 1. The second-order valence-corrected chi connectivity index (χ2v) is 6.86. The van der Waals surface area contributed by atoms with Crippen LogP contribution in [0.5, 0.6) is 0 Å². The Morgan fingerprint density at radius 3 is 2.62 bits per heavy atom. The van der Waals surface area contributed by atoms with E-state index in [1.165, 1.54) is 12.1 Å². The molecule has 3 nitrogen and oxygen atoms in total. The van der Waals surface area contributed by atoms with E-state index in [9.17, 15) is 9.18 Å². The molecular weight excluding hydrogens is 267 g/mol. The Labute approximate surface area is 126 Å². The van der Waals surface area contributed by atoms with Gasteiger partial charge in [-0.25, -0.2) is 4.39 Å². The highest BCUT2D eigenvalue weighted by molar-refractivity contribution is 5.77. The summed E-state index contributed by atoms with van der Waals surface area (Å²) < 4.78 is 12.9. The molecule has 1 aromatic rings. The molecule has 0 radical (unpaired) electrons. The van der Waals surface area contributed by atoms with Crippen LogP contribution in [-0.2, 0) is 4.79 Å². The lowest BCUT2D eigenvalue weighted by atomic mass is 9.79. The minimum absolute atomic E-state index is 0.0347. The largest absolute Gasteiger partial charge is 0.342 e. The Morgan fingerprint density at radius 2 is 2.05 bits per heavy atom. The van der Waals surface area contributed by atoms with Crippen molar-refractivity contribution < 1.29 is 9.18 Å². The van der Waals surface area contributed by atoms with Gasteiger partial charge in [0.2, 0.25) is 5.91 Å². The maximum absolute atomic E-state index is 12.9. The summed E-state index contributed by atoms with van der Waals surface area (Å²) in [6.07, 6.45) is 1.31. The van der Waals surface area contributed by atoms with E-state index < -0.39 is 0 Å². The quantitative estimate of drug-likeness (QED) is 0.931. The lowest BCUT2D eigenvalue weighted by molar-refractivity contribution is -0.135. The standard InChI is InChI=1S/C17H25FN2O/c1-12(13-4-6-14(18)7-5-13)10-16(21)20-9-8-15(19)17(2,3)11-20/h4-7,12,15H,8-11,19H2,1-3H3. The highest BCUT2D eigenvalue weighted by atomic mass is 19.1. The second kappa shape index (κ2) is 6.14. The topological polar surface area (TPSA) is 46.3 Å². The molecule has 2 atom stereocenters. The summed E-state index contributed by atoms with van der Waals surface area (Å²) in [6.45, 7) is 7.68. The Balaban J connectivity index is 1.96. The van der Waals surface area contributed by atoms with Crippen molar-refractivity contribution in [2.75, 3.05) is 13.1 Å². The zero-order chi connectivity index (χ0) is 15.6. The number of piperidine rings is 1. The third-order valence-corrected chi connectivity index (χ3v) is 4.58. The van der Waals surface area contributed by atoms with E-state index in [-0.39, 0.29) is 29.1 Å². The van der Waals surface area contributed by atoms with Gasteiger partial charge in [-0.3, -0.25) is 4.79 Å². The molecule has 0 aliphatic carbocycles. The first-order valence-electron chi connectivity index (χ1n) is 7.58. The van der Waals surface area contributed by atoms with E-state index in [4.69, 9.17) is 5.73 Å². The molecule has 0 saturated carbocycles. The fourth-order valence-corrected chi connectivity index (χ4v) is 2.89. The fourth-order valence-electron chi connectivity index (χ4n) is 2.89. The van der Waals surface area contributed by atoms with Crippen LogP contribution in [0.4, 0.5) is 4.39 Å². The molecule has 2 unspecified atom stereocenters. The van der Waals surface area contributed by atoms with Gasteiger partial charge in [-0.05, 0) is 35.4 Å². The molecule has 0 spiro atoms. The molecular formula is C17H25FN2O. The van der Waals surface area contributed by atoms with Crippen LogP contribution in [0.3, 0.4) is 0 Å². The second-order valence-electron chi connectivity index (χ2n) is 6.86. The summed E-state index contributed by atoms with van der Waals surface area (Å²) in [5.74, 6) is 0.00709. The number of carbonyl (C=O) groups is 1. The number of amides is 1. The van der Waals surface area contributed by atoms with Gasteiger partial charge >= 0.3 is 0 Å². The van der Waals surface area contributed by atoms with E-state index in [0.29, 0.717) is 13.0 Å². The fraction of sp³-hybridized carbons (Fsp3) is 0.588. The molecule has 2 N–H and O–H groups in total. The number of rotatable bonds is 3. The first-order chi connectivity index (χ1) is 9.79. The molecule has 4 heteroatoms. The SMILES string of the molecule is CC(CC(=O)N1CCC(N)C(C)(C)C1)c1ccc(F)cc1. The number of likely N-dealkylation sites (tertiary alicyclic amines) is 1. The molecule has 0 aromatic heterocycles. The summed E-state index contributed by atoms with van der Waals surface area (Å²) >= 11 is 0. The van der Waals surface area contributed by atoms with Crippen LogP contribution in [0.15, 0.2) is 24.3 Å². The molecule has 2 rings (SSSR count). The van der Waals surface area contributed by atoms with Gasteiger partial charge < -0.3 is 10.6 Å². The lowest BCUT2D eigenvalue weighted by Gasteiger charge is -2.42. The highest BCUT2D eigenvalue weighted by Gasteiger charge is 2.35. The minimum Gasteiger partial charge on any atom is -0.342 e. The van der Waals surface area contributed by atoms with Crippen molar-refractivity contribution in [1.82, 2.24) is 4.90 Å². The van der Waals surface area contributed by atoms with Gasteiger partial charge in [0.1, 0.15) is 5.82 Å². The van der Waals surface area contributed by atoms with Crippen LogP contribution in [0.25, 0.3) is 0 Å². The Bertz CT molecular complexity index is 498. The normalized spacial score (nSPS) is 22.9. The van der Waals surface area contributed by atoms with E-state index in [2.05, 4.69) is 13.8 Å². The lowest BCUT2D eigenvalue weighted by Crippen LogP contribution is -2.54. The zero-order valence-corrected chi connectivity index (χ0v) is 13.1. The van der Waals surface area contributed by atoms with Crippen molar-refractivity contribution >= 4 is 5.91 Å². The molecule has 116 valence electrons. The number of nitrogens with two attached hydrogens (primary N) is 1. The van der Waals surface area contributed by atoms with Crippen LogP contribution < -0.4 is 5.73 Å². The smallest absolute Gasteiger partial charge is 0.223 e. The number of halogens is 1. The molecule has 1 aromatic carbocycles. The Kier molecular flexibility index (Phi) is 4.67. The molecule has 1 aliphatic rings. The summed E-state index contributed by atoms with van der Waals surface area (Å²) in [5, 5.41) is 0. The Morgan fingerprint density at radius 1 is 1.43 bits per heavy atom. The van der Waals surface area contributed by atoms with Crippen LogP contribution in [0, 0.1) is 11.2 Å². The molecule has 1 heterocycles. The molecule has 1 amide bonds. The molecule has 0 bridgehead atoms. The third kappa shape index (κ3) is 3.82. The summed E-state index contributed by atoms with van der Waals surface area (Å²) in [5.41, 5.74) is 7.07. The van der Waals surface area contributed by atoms with Gasteiger partial charge in [0.15, 0.2) is 0 Å². The minimum atomic E-state index is -0.246. The van der Waals surface area contributed by atoms with E-state index >= 15 is 0 Å². The predicted octanol–water partition coefficient (Wildman–Crippen LogP) is 2.91. The van der Waals surface area contributed by atoms with Crippen LogP contribution in [0.2, 0.25) is 0 Å². The van der Waals surface area contributed by atoms with Crippen molar-refractivity contribution in [1.29, 1.82) is 0 Å². The van der Waals surface area contributed by atoms with Gasteiger partial charge in [-0.1, -0.05) is 32.9 Å².